The van der Waals surface area contributed by atoms with Crippen LogP contribution in [0, 0.1) is 11.8 Å². The van der Waals surface area contributed by atoms with Gasteiger partial charge in [-0.15, -0.1) is 0 Å². The van der Waals surface area contributed by atoms with E-state index in [1.54, 1.807) is 0 Å². The molecular formula is C15H27N3O2. The quantitative estimate of drug-likeness (QED) is 0.751. The number of amides is 2. The monoisotopic (exact) mass is 281 g/mol. The van der Waals surface area contributed by atoms with Crippen LogP contribution in [0.15, 0.2) is 0 Å². The summed E-state index contributed by atoms with van der Waals surface area (Å²) in [6, 6.07) is 0.344. The molecule has 2 atom stereocenters. The summed E-state index contributed by atoms with van der Waals surface area (Å²) in [7, 11) is 0. The van der Waals surface area contributed by atoms with Crippen molar-refractivity contribution in [3.63, 3.8) is 0 Å². The van der Waals surface area contributed by atoms with E-state index in [1.165, 1.54) is 25.7 Å². The van der Waals surface area contributed by atoms with Gasteiger partial charge in [0.1, 0.15) is 0 Å². The lowest BCUT2D eigenvalue weighted by molar-refractivity contribution is -0.124. The van der Waals surface area contributed by atoms with Crippen LogP contribution in [0.25, 0.3) is 0 Å². The smallest absolute Gasteiger partial charge is 0.234 e. The predicted molar refractivity (Wildman–Crippen MR) is 77.9 cm³/mol. The van der Waals surface area contributed by atoms with Gasteiger partial charge in [0.05, 0.1) is 12.5 Å². The van der Waals surface area contributed by atoms with Gasteiger partial charge in [-0.3, -0.25) is 14.5 Å². The molecule has 20 heavy (non-hydrogen) atoms. The topological polar surface area (TPSA) is 75.4 Å². The van der Waals surface area contributed by atoms with Crippen molar-refractivity contribution < 1.29 is 9.59 Å². The number of rotatable bonds is 4. The van der Waals surface area contributed by atoms with Gasteiger partial charge in [0.2, 0.25) is 11.8 Å². The zero-order valence-corrected chi connectivity index (χ0v) is 12.4. The van der Waals surface area contributed by atoms with Crippen LogP contribution in [0.2, 0.25) is 0 Å². The second-order valence-electron chi connectivity index (χ2n) is 6.44. The van der Waals surface area contributed by atoms with Gasteiger partial charge >= 0.3 is 0 Å². The minimum Gasteiger partial charge on any atom is -0.369 e. The Labute approximate surface area is 121 Å². The Morgan fingerprint density at radius 3 is 2.35 bits per heavy atom. The van der Waals surface area contributed by atoms with Crippen molar-refractivity contribution in [3.8, 4) is 0 Å². The molecule has 5 nitrogen and oxygen atoms in total. The second-order valence-corrected chi connectivity index (χ2v) is 6.44. The van der Waals surface area contributed by atoms with Crippen molar-refractivity contribution in [1.29, 1.82) is 0 Å². The van der Waals surface area contributed by atoms with Crippen molar-refractivity contribution in [2.24, 2.45) is 17.6 Å². The van der Waals surface area contributed by atoms with Crippen molar-refractivity contribution in [1.82, 2.24) is 10.2 Å². The molecule has 114 valence electrons. The Kier molecular flexibility index (Phi) is 5.40. The molecule has 0 aromatic heterocycles. The van der Waals surface area contributed by atoms with E-state index in [1.807, 2.05) is 11.8 Å². The summed E-state index contributed by atoms with van der Waals surface area (Å²) in [4.78, 5) is 25.4. The molecule has 0 aromatic carbocycles. The van der Waals surface area contributed by atoms with Crippen LogP contribution in [0.3, 0.4) is 0 Å². The number of likely N-dealkylation sites (tertiary alicyclic amines) is 1. The minimum absolute atomic E-state index is 0.0919. The number of nitrogens with two attached hydrogens (primary N) is 1. The first-order valence-electron chi connectivity index (χ1n) is 7.87. The van der Waals surface area contributed by atoms with Crippen LogP contribution < -0.4 is 11.1 Å². The molecule has 1 heterocycles. The number of primary amides is 1. The normalized spacial score (nSPS) is 29.1. The Bertz CT molecular complexity index is 351. The molecule has 2 amide bonds. The third-order valence-corrected chi connectivity index (χ3v) is 4.64. The fourth-order valence-corrected chi connectivity index (χ4v) is 3.47. The molecule has 0 unspecified atom stereocenters. The average Bonchev–Trinajstić information content (AvgIpc) is 2.59. The van der Waals surface area contributed by atoms with E-state index in [9.17, 15) is 9.59 Å². The number of carbonyl (C=O) groups is 2. The molecule has 1 saturated heterocycles. The maximum absolute atomic E-state index is 12.1. The molecule has 1 saturated carbocycles. The number of nitrogens with zero attached hydrogens (tertiary/aromatic N) is 1. The molecule has 1 aliphatic carbocycles. The molecular weight excluding hydrogens is 254 g/mol. The molecule has 0 bridgehead atoms. The maximum atomic E-state index is 12.1. The van der Waals surface area contributed by atoms with Gasteiger partial charge in [-0.25, -0.2) is 0 Å². The van der Waals surface area contributed by atoms with Crippen molar-refractivity contribution >= 4 is 11.8 Å². The lowest BCUT2D eigenvalue weighted by Gasteiger charge is -2.19. The van der Waals surface area contributed by atoms with Gasteiger partial charge in [0.15, 0.2) is 0 Å². The number of hydrogen-bond donors (Lipinski definition) is 2. The average molecular weight is 281 g/mol. The van der Waals surface area contributed by atoms with E-state index in [-0.39, 0.29) is 23.7 Å². The van der Waals surface area contributed by atoms with E-state index in [0.29, 0.717) is 19.1 Å². The van der Waals surface area contributed by atoms with Gasteiger partial charge in [0.25, 0.3) is 0 Å². The molecule has 2 aliphatic rings. The van der Waals surface area contributed by atoms with Crippen LogP contribution in [-0.4, -0.2) is 42.4 Å². The van der Waals surface area contributed by atoms with E-state index >= 15 is 0 Å². The van der Waals surface area contributed by atoms with Gasteiger partial charge < -0.3 is 11.1 Å². The zero-order valence-electron chi connectivity index (χ0n) is 12.4. The molecule has 3 N–H and O–H groups in total. The summed E-state index contributed by atoms with van der Waals surface area (Å²) < 4.78 is 0. The van der Waals surface area contributed by atoms with Crippen LogP contribution >= 0.6 is 0 Å². The summed E-state index contributed by atoms with van der Waals surface area (Å²) >= 11 is 0. The SMILES string of the molecule is C[C@@H]1CN(CC(=O)NC2CCCCCC2)C[C@H]1C(N)=O. The molecule has 2 rings (SSSR count). The Balaban J connectivity index is 1.76. The van der Waals surface area contributed by atoms with Gasteiger partial charge in [-0.2, -0.15) is 0 Å². The van der Waals surface area contributed by atoms with Crippen molar-refractivity contribution in [2.45, 2.75) is 51.5 Å². The highest BCUT2D eigenvalue weighted by Crippen LogP contribution is 2.22. The summed E-state index contributed by atoms with van der Waals surface area (Å²) in [5.41, 5.74) is 5.38. The summed E-state index contributed by atoms with van der Waals surface area (Å²) in [6.07, 6.45) is 7.22. The Hall–Kier alpha value is -1.10. The second kappa shape index (κ2) is 7.07. The fourth-order valence-electron chi connectivity index (χ4n) is 3.47. The highest BCUT2D eigenvalue weighted by Gasteiger charge is 2.34. The van der Waals surface area contributed by atoms with Gasteiger partial charge in [0, 0.05) is 19.1 Å². The zero-order chi connectivity index (χ0) is 14.5. The fraction of sp³-hybridized carbons (Fsp3) is 0.867. The molecule has 1 aliphatic heterocycles. The third-order valence-electron chi connectivity index (χ3n) is 4.64. The van der Waals surface area contributed by atoms with E-state index < -0.39 is 0 Å². The van der Waals surface area contributed by atoms with E-state index in [4.69, 9.17) is 5.73 Å². The molecule has 0 aromatic rings. The number of carbonyl (C=O) groups excluding carboxylic acids is 2. The predicted octanol–water partition coefficient (Wildman–Crippen LogP) is 0.879. The standard InChI is InChI=1S/C15H27N3O2/c1-11-8-18(9-13(11)15(16)20)10-14(19)17-12-6-4-2-3-5-7-12/h11-13H,2-10H2,1H3,(H2,16,20)(H,17,19)/t11-,13-/m1/s1. The molecule has 5 heteroatoms. The Morgan fingerprint density at radius 1 is 1.15 bits per heavy atom. The van der Waals surface area contributed by atoms with Crippen LogP contribution in [-0.2, 0) is 9.59 Å². The van der Waals surface area contributed by atoms with Crippen LogP contribution in [0.4, 0.5) is 0 Å². The van der Waals surface area contributed by atoms with Crippen LogP contribution in [0.1, 0.15) is 45.4 Å². The number of hydrogen-bond acceptors (Lipinski definition) is 3. The Morgan fingerprint density at radius 2 is 1.80 bits per heavy atom. The first-order chi connectivity index (χ1) is 9.56. The number of nitrogens with one attached hydrogen (secondary N) is 1. The van der Waals surface area contributed by atoms with Crippen LogP contribution in [0.5, 0.6) is 0 Å². The highest BCUT2D eigenvalue weighted by molar-refractivity contribution is 5.79. The molecule has 2 fully saturated rings. The lowest BCUT2D eigenvalue weighted by Crippen LogP contribution is -2.41. The lowest BCUT2D eigenvalue weighted by atomic mass is 9.98. The van der Waals surface area contributed by atoms with Gasteiger partial charge in [-0.05, 0) is 18.8 Å². The van der Waals surface area contributed by atoms with E-state index in [0.717, 1.165) is 19.4 Å². The summed E-state index contributed by atoms with van der Waals surface area (Å²) in [6.45, 7) is 3.82. The molecule has 0 spiro atoms. The highest BCUT2D eigenvalue weighted by atomic mass is 16.2. The summed E-state index contributed by atoms with van der Waals surface area (Å²) in [5.74, 6) is -0.0164. The minimum atomic E-state index is -0.246. The first-order valence-corrected chi connectivity index (χ1v) is 7.87. The maximum Gasteiger partial charge on any atom is 0.234 e. The third kappa shape index (κ3) is 4.20. The van der Waals surface area contributed by atoms with Crippen molar-refractivity contribution in [2.75, 3.05) is 19.6 Å². The van der Waals surface area contributed by atoms with E-state index in [2.05, 4.69) is 5.32 Å². The summed E-state index contributed by atoms with van der Waals surface area (Å²) in [5, 5.41) is 3.15. The largest absolute Gasteiger partial charge is 0.369 e. The van der Waals surface area contributed by atoms with Gasteiger partial charge in [-0.1, -0.05) is 32.6 Å². The first kappa shape index (κ1) is 15.3. The molecule has 0 radical (unpaired) electrons. The van der Waals surface area contributed by atoms with Crippen molar-refractivity contribution in [3.05, 3.63) is 0 Å².